The van der Waals surface area contributed by atoms with E-state index in [0.29, 0.717) is 11.9 Å². The Morgan fingerprint density at radius 2 is 2.00 bits per heavy atom. The van der Waals surface area contributed by atoms with Gasteiger partial charge in [-0.05, 0) is 38.6 Å². The fourth-order valence-electron chi connectivity index (χ4n) is 2.59. The molecule has 1 N–H and O–H groups in total. The Hall–Kier alpha value is -0.570. The minimum absolute atomic E-state index is 0.375. The summed E-state index contributed by atoms with van der Waals surface area (Å²) in [6, 6.07) is 0.602. The van der Waals surface area contributed by atoms with Gasteiger partial charge in [0.2, 0.25) is 5.91 Å². The summed E-state index contributed by atoms with van der Waals surface area (Å²) >= 11 is 0. The first-order chi connectivity index (χ1) is 7.36. The van der Waals surface area contributed by atoms with Crippen LogP contribution in [0, 0.1) is 0 Å². The van der Waals surface area contributed by atoms with Crippen molar-refractivity contribution in [1.29, 1.82) is 0 Å². The maximum atomic E-state index is 11.8. The molecule has 2 aliphatic heterocycles. The monoisotopic (exact) mass is 210 g/mol. The number of nitrogens with one attached hydrogen (secondary N) is 1. The number of likely N-dealkylation sites (tertiary alicyclic amines) is 1. The van der Waals surface area contributed by atoms with Gasteiger partial charge in [-0.3, -0.25) is 4.79 Å². The van der Waals surface area contributed by atoms with Crippen LogP contribution in [0.5, 0.6) is 0 Å². The van der Waals surface area contributed by atoms with Crippen molar-refractivity contribution < 1.29 is 4.79 Å². The van der Waals surface area contributed by atoms with Crippen LogP contribution >= 0.6 is 0 Å². The normalized spacial score (nSPS) is 26.9. The molecule has 0 spiro atoms. The molecular formula is C12H22N2O. The lowest BCUT2D eigenvalue weighted by Gasteiger charge is -2.24. The molecule has 0 bridgehead atoms. The number of amides is 1. The summed E-state index contributed by atoms with van der Waals surface area (Å²) < 4.78 is 0. The van der Waals surface area contributed by atoms with E-state index in [4.69, 9.17) is 0 Å². The number of carbonyl (C=O) groups is 1. The third-order valence-corrected chi connectivity index (χ3v) is 3.58. The first-order valence-corrected chi connectivity index (χ1v) is 6.37. The Kier molecular flexibility index (Phi) is 4.01. The van der Waals surface area contributed by atoms with Crippen molar-refractivity contribution >= 4 is 5.91 Å². The highest BCUT2D eigenvalue weighted by Crippen LogP contribution is 2.14. The van der Waals surface area contributed by atoms with Gasteiger partial charge in [0.25, 0.3) is 0 Å². The molecule has 15 heavy (non-hydrogen) atoms. The predicted octanol–water partition coefficient (Wildman–Crippen LogP) is 1.53. The first kappa shape index (κ1) is 10.9. The molecule has 2 aliphatic rings. The number of piperidine rings is 1. The maximum Gasteiger partial charge on any atom is 0.222 e. The van der Waals surface area contributed by atoms with Crippen molar-refractivity contribution in [1.82, 2.24) is 10.2 Å². The number of hydrogen-bond acceptors (Lipinski definition) is 2. The summed E-state index contributed by atoms with van der Waals surface area (Å²) in [5, 5.41) is 3.49. The molecular weight excluding hydrogens is 188 g/mol. The minimum atomic E-state index is 0.375. The lowest BCUT2D eigenvalue weighted by atomic mass is 10.0. The van der Waals surface area contributed by atoms with Gasteiger partial charge in [0.15, 0.2) is 0 Å². The third kappa shape index (κ3) is 3.20. The molecule has 3 heteroatoms. The van der Waals surface area contributed by atoms with Crippen LogP contribution in [0.2, 0.25) is 0 Å². The summed E-state index contributed by atoms with van der Waals surface area (Å²) in [6.07, 6.45) is 8.08. The van der Waals surface area contributed by atoms with Crippen molar-refractivity contribution in [2.75, 3.05) is 19.6 Å². The standard InChI is InChI=1S/C12H22N2O/c15-12(14-9-3-4-10-14)7-6-11-5-1-2-8-13-11/h11,13H,1-10H2. The van der Waals surface area contributed by atoms with Crippen molar-refractivity contribution in [2.45, 2.75) is 51.0 Å². The van der Waals surface area contributed by atoms with E-state index >= 15 is 0 Å². The van der Waals surface area contributed by atoms with Crippen LogP contribution in [0.15, 0.2) is 0 Å². The summed E-state index contributed by atoms with van der Waals surface area (Å²) in [6.45, 7) is 3.14. The minimum Gasteiger partial charge on any atom is -0.343 e. The zero-order valence-electron chi connectivity index (χ0n) is 9.50. The van der Waals surface area contributed by atoms with E-state index in [-0.39, 0.29) is 0 Å². The van der Waals surface area contributed by atoms with Crippen LogP contribution in [-0.2, 0) is 4.79 Å². The topological polar surface area (TPSA) is 32.3 Å². The van der Waals surface area contributed by atoms with Crippen molar-refractivity contribution in [3.63, 3.8) is 0 Å². The molecule has 0 saturated carbocycles. The number of rotatable bonds is 3. The maximum absolute atomic E-state index is 11.8. The van der Waals surface area contributed by atoms with Gasteiger partial charge in [-0.25, -0.2) is 0 Å². The highest BCUT2D eigenvalue weighted by Gasteiger charge is 2.19. The van der Waals surface area contributed by atoms with Crippen LogP contribution in [0.25, 0.3) is 0 Å². The largest absolute Gasteiger partial charge is 0.343 e. The van der Waals surface area contributed by atoms with Crippen molar-refractivity contribution in [3.8, 4) is 0 Å². The van der Waals surface area contributed by atoms with Crippen LogP contribution in [0.1, 0.15) is 44.9 Å². The van der Waals surface area contributed by atoms with E-state index in [9.17, 15) is 4.79 Å². The first-order valence-electron chi connectivity index (χ1n) is 6.37. The van der Waals surface area contributed by atoms with Gasteiger partial charge in [0.05, 0.1) is 0 Å². The smallest absolute Gasteiger partial charge is 0.222 e. The van der Waals surface area contributed by atoms with E-state index in [2.05, 4.69) is 5.32 Å². The molecule has 1 atom stereocenters. The molecule has 2 rings (SSSR count). The van der Waals surface area contributed by atoms with Crippen LogP contribution < -0.4 is 5.32 Å². The SMILES string of the molecule is O=C(CCC1CCCCN1)N1CCCC1. The van der Waals surface area contributed by atoms with Gasteiger partial charge in [0.1, 0.15) is 0 Å². The van der Waals surface area contributed by atoms with E-state index in [1.807, 2.05) is 4.90 Å². The Labute approximate surface area is 92.2 Å². The molecule has 0 aromatic carbocycles. The summed E-state index contributed by atoms with van der Waals surface area (Å²) in [4.78, 5) is 13.8. The second-order valence-electron chi connectivity index (χ2n) is 4.77. The number of hydrogen-bond donors (Lipinski definition) is 1. The van der Waals surface area contributed by atoms with Crippen LogP contribution in [0.3, 0.4) is 0 Å². The summed E-state index contributed by atoms with van der Waals surface area (Å²) in [5.41, 5.74) is 0. The van der Waals surface area contributed by atoms with Crippen molar-refractivity contribution in [2.24, 2.45) is 0 Å². The fourth-order valence-corrected chi connectivity index (χ4v) is 2.59. The lowest BCUT2D eigenvalue weighted by Crippen LogP contribution is -2.36. The summed E-state index contributed by atoms with van der Waals surface area (Å²) in [7, 11) is 0. The van der Waals surface area contributed by atoms with Gasteiger partial charge in [-0.2, -0.15) is 0 Å². The predicted molar refractivity (Wildman–Crippen MR) is 60.7 cm³/mol. The van der Waals surface area contributed by atoms with Crippen molar-refractivity contribution in [3.05, 3.63) is 0 Å². The molecule has 2 fully saturated rings. The van der Waals surface area contributed by atoms with Gasteiger partial charge in [-0.15, -0.1) is 0 Å². The van der Waals surface area contributed by atoms with Crippen LogP contribution in [0.4, 0.5) is 0 Å². The molecule has 1 amide bonds. The molecule has 3 nitrogen and oxygen atoms in total. The third-order valence-electron chi connectivity index (χ3n) is 3.58. The van der Waals surface area contributed by atoms with E-state index < -0.39 is 0 Å². The Balaban J connectivity index is 1.65. The fraction of sp³-hybridized carbons (Fsp3) is 0.917. The highest BCUT2D eigenvalue weighted by molar-refractivity contribution is 5.76. The van der Waals surface area contributed by atoms with E-state index in [1.165, 1.54) is 32.1 Å². The van der Waals surface area contributed by atoms with Crippen LogP contribution in [-0.4, -0.2) is 36.5 Å². The lowest BCUT2D eigenvalue weighted by molar-refractivity contribution is -0.130. The molecule has 0 aromatic rings. The van der Waals surface area contributed by atoms with Gasteiger partial charge in [0, 0.05) is 25.6 Å². The Bertz CT molecular complexity index is 206. The second-order valence-corrected chi connectivity index (χ2v) is 4.77. The summed E-state index contributed by atoms with van der Waals surface area (Å²) in [5.74, 6) is 0.375. The molecule has 0 aliphatic carbocycles. The average Bonchev–Trinajstić information content (AvgIpc) is 2.81. The average molecular weight is 210 g/mol. The van der Waals surface area contributed by atoms with Gasteiger partial charge in [-0.1, -0.05) is 6.42 Å². The molecule has 0 radical (unpaired) electrons. The van der Waals surface area contributed by atoms with E-state index in [0.717, 1.165) is 32.5 Å². The molecule has 86 valence electrons. The quantitative estimate of drug-likeness (QED) is 0.766. The Morgan fingerprint density at radius 3 is 2.67 bits per heavy atom. The molecule has 0 aromatic heterocycles. The number of nitrogens with zero attached hydrogens (tertiary/aromatic N) is 1. The molecule has 2 saturated heterocycles. The highest BCUT2D eigenvalue weighted by atomic mass is 16.2. The van der Waals surface area contributed by atoms with Gasteiger partial charge < -0.3 is 10.2 Å². The van der Waals surface area contributed by atoms with Gasteiger partial charge >= 0.3 is 0 Å². The number of carbonyl (C=O) groups excluding carboxylic acids is 1. The second kappa shape index (κ2) is 5.50. The molecule has 2 heterocycles. The molecule has 1 unspecified atom stereocenters. The zero-order valence-corrected chi connectivity index (χ0v) is 9.50. The van der Waals surface area contributed by atoms with E-state index in [1.54, 1.807) is 0 Å². The Morgan fingerprint density at radius 1 is 1.20 bits per heavy atom. The zero-order chi connectivity index (χ0) is 10.5.